The lowest BCUT2D eigenvalue weighted by Gasteiger charge is -2.26. The van der Waals surface area contributed by atoms with Crippen molar-refractivity contribution in [1.82, 2.24) is 10.2 Å². The third-order valence-corrected chi connectivity index (χ3v) is 4.18. The molecule has 0 aliphatic carbocycles. The van der Waals surface area contributed by atoms with Crippen LogP contribution in [-0.4, -0.2) is 50.2 Å². The molecule has 6 heteroatoms. The summed E-state index contributed by atoms with van der Waals surface area (Å²) in [5.74, 6) is -0.374. The van der Waals surface area contributed by atoms with E-state index in [0.717, 1.165) is 51.1 Å². The first kappa shape index (κ1) is 16.7. The molecular weight excluding hydrogens is 308 g/mol. The van der Waals surface area contributed by atoms with E-state index in [4.69, 9.17) is 9.15 Å². The molecule has 2 heterocycles. The lowest BCUT2D eigenvalue weighted by atomic mass is 10.2. The maximum absolute atomic E-state index is 12.2. The summed E-state index contributed by atoms with van der Waals surface area (Å²) in [5, 5.41) is 3.55. The average molecular weight is 330 g/mol. The fraction of sp³-hybridized carbons (Fsp3) is 0.444. The van der Waals surface area contributed by atoms with E-state index in [-0.39, 0.29) is 11.5 Å². The van der Waals surface area contributed by atoms with Crippen molar-refractivity contribution in [1.29, 1.82) is 0 Å². The van der Waals surface area contributed by atoms with Crippen molar-refractivity contribution in [2.45, 2.75) is 12.8 Å². The Hall–Kier alpha value is -2.18. The molecule has 0 unspecified atom stereocenters. The number of ether oxygens (including phenoxy) is 1. The van der Waals surface area contributed by atoms with E-state index in [1.165, 1.54) is 0 Å². The molecule has 1 aromatic carbocycles. The zero-order valence-corrected chi connectivity index (χ0v) is 13.6. The van der Waals surface area contributed by atoms with E-state index >= 15 is 0 Å². The van der Waals surface area contributed by atoms with Crippen LogP contribution in [0.2, 0.25) is 0 Å². The molecule has 0 spiro atoms. The number of hydrogen-bond donors (Lipinski definition) is 1. The molecule has 6 nitrogen and oxygen atoms in total. The second-order valence-corrected chi connectivity index (χ2v) is 5.90. The third-order valence-electron chi connectivity index (χ3n) is 4.18. The molecule has 1 amide bonds. The van der Waals surface area contributed by atoms with Crippen molar-refractivity contribution in [2.24, 2.45) is 0 Å². The Balaban J connectivity index is 1.48. The predicted molar refractivity (Wildman–Crippen MR) is 91.3 cm³/mol. The highest BCUT2D eigenvalue weighted by atomic mass is 16.5. The fourth-order valence-electron chi connectivity index (χ4n) is 2.80. The Morgan fingerprint density at radius 2 is 1.96 bits per heavy atom. The number of benzene rings is 1. The quantitative estimate of drug-likeness (QED) is 0.644. The van der Waals surface area contributed by atoms with Gasteiger partial charge >= 0.3 is 5.63 Å². The van der Waals surface area contributed by atoms with Crippen LogP contribution in [-0.2, 0) is 4.74 Å². The number of hydrogen-bond acceptors (Lipinski definition) is 5. The Bertz CT molecular complexity index is 750. The highest BCUT2D eigenvalue weighted by Gasteiger charge is 2.13. The number of nitrogens with one attached hydrogen (secondary N) is 1. The largest absolute Gasteiger partial charge is 0.422 e. The van der Waals surface area contributed by atoms with Crippen LogP contribution in [0, 0.1) is 0 Å². The molecule has 128 valence electrons. The van der Waals surface area contributed by atoms with Crippen molar-refractivity contribution >= 4 is 16.9 Å². The Kier molecular flexibility index (Phi) is 5.61. The Morgan fingerprint density at radius 3 is 2.79 bits per heavy atom. The van der Waals surface area contributed by atoms with Gasteiger partial charge in [0, 0.05) is 25.0 Å². The normalized spacial score (nSPS) is 15.5. The topological polar surface area (TPSA) is 71.8 Å². The number of morpholine rings is 1. The minimum absolute atomic E-state index is 0.0573. The lowest BCUT2D eigenvalue weighted by molar-refractivity contribution is 0.0372. The van der Waals surface area contributed by atoms with Gasteiger partial charge in [-0.1, -0.05) is 18.2 Å². The molecule has 0 atom stereocenters. The molecule has 1 aliphatic rings. The molecule has 24 heavy (non-hydrogen) atoms. The molecule has 1 saturated heterocycles. The van der Waals surface area contributed by atoms with Gasteiger partial charge in [0.15, 0.2) is 0 Å². The monoisotopic (exact) mass is 330 g/mol. The second-order valence-electron chi connectivity index (χ2n) is 5.90. The van der Waals surface area contributed by atoms with Crippen LogP contribution in [0.25, 0.3) is 11.0 Å². The van der Waals surface area contributed by atoms with Gasteiger partial charge < -0.3 is 14.5 Å². The van der Waals surface area contributed by atoms with E-state index in [1.807, 2.05) is 12.1 Å². The van der Waals surface area contributed by atoms with Gasteiger partial charge in [-0.2, -0.15) is 0 Å². The molecule has 0 radical (unpaired) electrons. The highest BCUT2D eigenvalue weighted by Crippen LogP contribution is 2.12. The summed E-state index contributed by atoms with van der Waals surface area (Å²) in [7, 11) is 0. The third kappa shape index (κ3) is 4.21. The summed E-state index contributed by atoms with van der Waals surface area (Å²) in [6.07, 6.45) is 1.88. The van der Waals surface area contributed by atoms with Crippen molar-refractivity contribution in [3.05, 3.63) is 46.3 Å². The van der Waals surface area contributed by atoms with E-state index < -0.39 is 5.63 Å². The summed E-state index contributed by atoms with van der Waals surface area (Å²) in [6.45, 7) is 5.12. The van der Waals surface area contributed by atoms with Crippen LogP contribution in [0.5, 0.6) is 0 Å². The SMILES string of the molecule is O=C(NCCCCN1CCOCC1)c1cc2ccccc2oc1=O. The highest BCUT2D eigenvalue weighted by molar-refractivity contribution is 5.96. The number of unbranched alkanes of at least 4 members (excludes halogenated alkanes) is 1. The summed E-state index contributed by atoms with van der Waals surface area (Å²) < 4.78 is 10.5. The van der Waals surface area contributed by atoms with Crippen LogP contribution < -0.4 is 10.9 Å². The Labute approximate surface area is 140 Å². The van der Waals surface area contributed by atoms with E-state index in [2.05, 4.69) is 10.2 Å². The van der Waals surface area contributed by atoms with Crippen LogP contribution >= 0.6 is 0 Å². The number of carbonyl (C=O) groups excluding carboxylic acids is 1. The van der Waals surface area contributed by atoms with Gasteiger partial charge in [-0.3, -0.25) is 9.69 Å². The van der Waals surface area contributed by atoms with E-state index in [0.29, 0.717) is 12.1 Å². The summed E-state index contributed by atoms with van der Waals surface area (Å²) >= 11 is 0. The minimum atomic E-state index is -0.598. The maximum atomic E-state index is 12.2. The van der Waals surface area contributed by atoms with Crippen LogP contribution in [0.1, 0.15) is 23.2 Å². The summed E-state index contributed by atoms with van der Waals surface area (Å²) in [6, 6.07) is 8.75. The summed E-state index contributed by atoms with van der Waals surface area (Å²) in [4.78, 5) is 26.5. The molecule has 1 N–H and O–H groups in total. The summed E-state index contributed by atoms with van der Waals surface area (Å²) in [5.41, 5.74) is -0.0500. The van der Waals surface area contributed by atoms with Gasteiger partial charge in [0.25, 0.3) is 5.91 Å². The molecule has 2 aromatic rings. The van der Waals surface area contributed by atoms with Gasteiger partial charge in [0.05, 0.1) is 13.2 Å². The average Bonchev–Trinajstić information content (AvgIpc) is 2.61. The molecule has 3 rings (SSSR count). The Morgan fingerprint density at radius 1 is 1.17 bits per heavy atom. The number of rotatable bonds is 6. The minimum Gasteiger partial charge on any atom is -0.422 e. The molecule has 0 saturated carbocycles. The van der Waals surface area contributed by atoms with Gasteiger partial charge in [0.2, 0.25) is 0 Å². The zero-order chi connectivity index (χ0) is 16.8. The second kappa shape index (κ2) is 8.08. The van der Waals surface area contributed by atoms with Crippen molar-refractivity contribution in [3.63, 3.8) is 0 Å². The first-order valence-corrected chi connectivity index (χ1v) is 8.35. The number of carbonyl (C=O) groups is 1. The first-order chi connectivity index (χ1) is 11.7. The molecular formula is C18H22N2O4. The van der Waals surface area contributed by atoms with Crippen LogP contribution in [0.15, 0.2) is 39.5 Å². The van der Waals surface area contributed by atoms with Gasteiger partial charge in [-0.15, -0.1) is 0 Å². The fourth-order valence-corrected chi connectivity index (χ4v) is 2.80. The van der Waals surface area contributed by atoms with Gasteiger partial charge in [0.1, 0.15) is 11.1 Å². The predicted octanol–water partition coefficient (Wildman–Crippen LogP) is 1.64. The van der Waals surface area contributed by atoms with E-state index in [9.17, 15) is 9.59 Å². The molecule has 0 bridgehead atoms. The number of nitrogens with zero attached hydrogens (tertiary/aromatic N) is 1. The van der Waals surface area contributed by atoms with Crippen molar-refractivity contribution < 1.29 is 13.9 Å². The lowest BCUT2D eigenvalue weighted by Crippen LogP contribution is -2.37. The van der Waals surface area contributed by atoms with Gasteiger partial charge in [-0.25, -0.2) is 4.79 Å². The maximum Gasteiger partial charge on any atom is 0.349 e. The smallest absolute Gasteiger partial charge is 0.349 e. The standard InChI is InChI=1S/C18H22N2O4/c21-17(19-7-3-4-8-20-9-11-23-12-10-20)15-13-14-5-1-2-6-16(14)24-18(15)22/h1-2,5-6,13H,3-4,7-12H2,(H,19,21). The molecule has 1 fully saturated rings. The number of fused-ring (bicyclic) bond motifs is 1. The number of amides is 1. The van der Waals surface area contributed by atoms with Gasteiger partial charge in [-0.05, 0) is 31.5 Å². The van der Waals surface area contributed by atoms with Crippen molar-refractivity contribution in [2.75, 3.05) is 39.4 Å². The molecule has 1 aliphatic heterocycles. The zero-order valence-electron chi connectivity index (χ0n) is 13.6. The van der Waals surface area contributed by atoms with Crippen LogP contribution in [0.3, 0.4) is 0 Å². The number of para-hydroxylation sites is 1. The molecule has 1 aromatic heterocycles. The van der Waals surface area contributed by atoms with Crippen LogP contribution in [0.4, 0.5) is 0 Å². The van der Waals surface area contributed by atoms with Crippen molar-refractivity contribution in [3.8, 4) is 0 Å². The first-order valence-electron chi connectivity index (χ1n) is 8.35. The van der Waals surface area contributed by atoms with E-state index in [1.54, 1.807) is 18.2 Å².